The van der Waals surface area contributed by atoms with Crippen LogP contribution in [0, 0.1) is 0 Å². The Hall–Kier alpha value is -2.77. The molecule has 21 heavy (non-hydrogen) atoms. The smallest absolute Gasteiger partial charge is 0.325 e. The fourth-order valence-electron chi connectivity index (χ4n) is 1.42. The Kier molecular flexibility index (Phi) is 5.53. The van der Waals surface area contributed by atoms with Gasteiger partial charge in [0.25, 0.3) is 11.8 Å². The Labute approximate surface area is 120 Å². The summed E-state index contributed by atoms with van der Waals surface area (Å²) < 4.78 is 10.2. The third-order valence-corrected chi connectivity index (χ3v) is 2.51. The van der Waals surface area contributed by atoms with Gasteiger partial charge in [-0.1, -0.05) is 0 Å². The van der Waals surface area contributed by atoms with Crippen molar-refractivity contribution in [3.63, 3.8) is 0 Å². The molecule has 0 saturated heterocycles. The van der Waals surface area contributed by atoms with E-state index in [1.54, 1.807) is 0 Å². The quantitative estimate of drug-likeness (QED) is 0.637. The van der Waals surface area contributed by atoms with Gasteiger partial charge in [-0.05, 0) is 25.1 Å². The van der Waals surface area contributed by atoms with Crippen molar-refractivity contribution in [3.8, 4) is 11.5 Å². The lowest BCUT2D eigenvalue weighted by Crippen LogP contribution is -2.38. The van der Waals surface area contributed by atoms with Crippen LogP contribution in [0.1, 0.15) is 17.3 Å². The van der Waals surface area contributed by atoms with Gasteiger partial charge in [0.05, 0.1) is 7.11 Å². The lowest BCUT2D eigenvalue weighted by molar-refractivity contribution is -0.138. The molecular weight excluding hydrogens is 280 g/mol. The second-order valence-corrected chi connectivity index (χ2v) is 4.15. The number of methoxy groups -OCH3 is 1. The number of hydrogen-bond acceptors (Lipinski definition) is 5. The van der Waals surface area contributed by atoms with Gasteiger partial charge in [-0.15, -0.1) is 0 Å². The predicted octanol–water partition coefficient (Wildman–Crippen LogP) is -0.238. The van der Waals surface area contributed by atoms with Crippen molar-refractivity contribution in [1.29, 1.82) is 0 Å². The molecule has 0 spiro atoms. The van der Waals surface area contributed by atoms with Gasteiger partial charge in [0.2, 0.25) is 0 Å². The average molecular weight is 296 g/mol. The number of carbonyl (C=O) groups excluding carboxylic acids is 2. The second-order valence-electron chi connectivity index (χ2n) is 4.15. The third kappa shape index (κ3) is 4.68. The molecule has 8 nitrogen and oxygen atoms in total. The number of nitrogens with two attached hydrogens (primary N) is 1. The van der Waals surface area contributed by atoms with E-state index in [9.17, 15) is 14.4 Å². The number of rotatable bonds is 7. The van der Waals surface area contributed by atoms with E-state index < -0.39 is 23.8 Å². The number of benzene rings is 1. The predicted molar refractivity (Wildman–Crippen MR) is 72.2 cm³/mol. The molecule has 0 saturated carbocycles. The summed E-state index contributed by atoms with van der Waals surface area (Å²) in [4.78, 5) is 33.2. The number of hydrogen-bond donors (Lipinski definition) is 3. The first kappa shape index (κ1) is 16.3. The molecule has 8 heteroatoms. The van der Waals surface area contributed by atoms with Crippen LogP contribution in [0.5, 0.6) is 11.5 Å². The zero-order chi connectivity index (χ0) is 16.0. The number of nitrogens with one attached hydrogen (secondary N) is 1. The van der Waals surface area contributed by atoms with E-state index in [0.717, 1.165) is 0 Å². The molecular formula is C13H16N2O6. The lowest BCUT2D eigenvalue weighted by atomic mass is 10.1. The average Bonchev–Trinajstić information content (AvgIpc) is 2.44. The summed E-state index contributed by atoms with van der Waals surface area (Å²) in [6.45, 7) is 1.03. The van der Waals surface area contributed by atoms with Gasteiger partial charge in [0.1, 0.15) is 6.04 Å². The highest BCUT2D eigenvalue weighted by atomic mass is 16.5. The molecule has 1 rings (SSSR count). The van der Waals surface area contributed by atoms with E-state index in [1.807, 2.05) is 0 Å². The molecule has 1 aromatic rings. The highest BCUT2D eigenvalue weighted by Gasteiger charge is 2.17. The van der Waals surface area contributed by atoms with Crippen LogP contribution in [-0.2, 0) is 9.59 Å². The first-order valence-corrected chi connectivity index (χ1v) is 5.98. The second kappa shape index (κ2) is 7.13. The number of primary amides is 1. The standard InChI is InChI=1S/C13H16N2O6/c1-7(13(18)19)15-12(17)8-3-4-9(10(5-8)20-2)21-6-11(14)16/h3-5,7H,6H2,1-2H3,(H2,14,16)(H,15,17)(H,18,19). The molecule has 0 bridgehead atoms. The van der Waals surface area contributed by atoms with Crippen LogP contribution < -0.4 is 20.5 Å². The van der Waals surface area contributed by atoms with E-state index in [-0.39, 0.29) is 23.7 Å². The van der Waals surface area contributed by atoms with Crippen LogP contribution in [0.4, 0.5) is 0 Å². The Morgan fingerprint density at radius 1 is 1.33 bits per heavy atom. The molecule has 0 aliphatic heterocycles. The van der Waals surface area contributed by atoms with Crippen LogP contribution in [0.15, 0.2) is 18.2 Å². The fourth-order valence-corrected chi connectivity index (χ4v) is 1.42. The van der Waals surface area contributed by atoms with Gasteiger partial charge >= 0.3 is 5.97 Å². The molecule has 1 aromatic carbocycles. The number of aliphatic carboxylic acids is 1. The normalized spacial score (nSPS) is 11.3. The Morgan fingerprint density at radius 2 is 2.00 bits per heavy atom. The summed E-state index contributed by atoms with van der Waals surface area (Å²) in [5.74, 6) is -1.87. The van der Waals surface area contributed by atoms with Crippen molar-refractivity contribution in [2.45, 2.75) is 13.0 Å². The highest BCUT2D eigenvalue weighted by molar-refractivity contribution is 5.97. The minimum Gasteiger partial charge on any atom is -0.493 e. The van der Waals surface area contributed by atoms with Gasteiger partial charge in [0.15, 0.2) is 18.1 Å². The molecule has 0 fully saturated rings. The number of carboxylic acids is 1. The molecule has 0 heterocycles. The van der Waals surface area contributed by atoms with Crippen LogP contribution >= 0.6 is 0 Å². The lowest BCUT2D eigenvalue weighted by Gasteiger charge is -2.12. The monoisotopic (exact) mass is 296 g/mol. The number of carbonyl (C=O) groups is 3. The minimum absolute atomic E-state index is 0.200. The first-order valence-electron chi connectivity index (χ1n) is 5.98. The van der Waals surface area contributed by atoms with Crippen molar-refractivity contribution in [2.75, 3.05) is 13.7 Å². The zero-order valence-electron chi connectivity index (χ0n) is 11.6. The van der Waals surface area contributed by atoms with Crippen LogP contribution in [0.3, 0.4) is 0 Å². The molecule has 0 aliphatic carbocycles. The van der Waals surface area contributed by atoms with E-state index in [2.05, 4.69) is 5.32 Å². The number of ether oxygens (including phenoxy) is 2. The molecule has 1 atom stereocenters. The number of amides is 2. The van der Waals surface area contributed by atoms with E-state index in [1.165, 1.54) is 32.2 Å². The molecule has 0 aromatic heterocycles. The Morgan fingerprint density at radius 3 is 2.52 bits per heavy atom. The summed E-state index contributed by atoms with van der Waals surface area (Å²) in [6, 6.07) is 3.21. The maximum absolute atomic E-state index is 11.9. The largest absolute Gasteiger partial charge is 0.493 e. The summed E-state index contributed by atoms with van der Waals surface area (Å²) in [7, 11) is 1.37. The van der Waals surface area contributed by atoms with E-state index in [4.69, 9.17) is 20.3 Å². The van der Waals surface area contributed by atoms with Crippen molar-refractivity contribution in [3.05, 3.63) is 23.8 Å². The van der Waals surface area contributed by atoms with Gasteiger partial charge in [-0.25, -0.2) is 0 Å². The van der Waals surface area contributed by atoms with Crippen LogP contribution in [0.25, 0.3) is 0 Å². The number of carboxylic acid groups (broad SMARTS) is 1. The molecule has 2 amide bonds. The summed E-state index contributed by atoms with van der Waals surface area (Å²) in [5, 5.41) is 11.0. The molecule has 114 valence electrons. The molecule has 0 aliphatic rings. The Balaban J connectivity index is 2.88. The van der Waals surface area contributed by atoms with Crippen molar-refractivity contribution >= 4 is 17.8 Å². The topological polar surface area (TPSA) is 128 Å². The summed E-state index contributed by atoms with van der Waals surface area (Å²) >= 11 is 0. The Bertz CT molecular complexity index is 558. The van der Waals surface area contributed by atoms with Crippen LogP contribution in [0.2, 0.25) is 0 Å². The van der Waals surface area contributed by atoms with Gasteiger partial charge in [-0.3, -0.25) is 14.4 Å². The summed E-state index contributed by atoms with van der Waals surface area (Å²) in [6.07, 6.45) is 0. The van der Waals surface area contributed by atoms with Gasteiger partial charge in [-0.2, -0.15) is 0 Å². The summed E-state index contributed by atoms with van der Waals surface area (Å²) in [5.41, 5.74) is 5.17. The van der Waals surface area contributed by atoms with E-state index >= 15 is 0 Å². The fraction of sp³-hybridized carbons (Fsp3) is 0.308. The molecule has 0 radical (unpaired) electrons. The van der Waals surface area contributed by atoms with Crippen molar-refractivity contribution in [1.82, 2.24) is 5.32 Å². The van der Waals surface area contributed by atoms with Crippen molar-refractivity contribution in [2.24, 2.45) is 5.73 Å². The zero-order valence-corrected chi connectivity index (χ0v) is 11.6. The molecule has 4 N–H and O–H groups in total. The van der Waals surface area contributed by atoms with E-state index in [0.29, 0.717) is 0 Å². The van der Waals surface area contributed by atoms with Gasteiger partial charge < -0.3 is 25.6 Å². The maximum atomic E-state index is 11.9. The first-order chi connectivity index (χ1) is 9.85. The SMILES string of the molecule is COc1cc(C(=O)NC(C)C(=O)O)ccc1OCC(N)=O. The minimum atomic E-state index is -1.14. The van der Waals surface area contributed by atoms with Crippen LogP contribution in [-0.4, -0.2) is 42.6 Å². The molecule has 1 unspecified atom stereocenters. The highest BCUT2D eigenvalue weighted by Crippen LogP contribution is 2.28. The van der Waals surface area contributed by atoms with Gasteiger partial charge in [0, 0.05) is 5.56 Å². The third-order valence-electron chi connectivity index (χ3n) is 2.51. The maximum Gasteiger partial charge on any atom is 0.325 e. The van der Waals surface area contributed by atoms with Crippen molar-refractivity contribution < 1.29 is 29.0 Å².